The quantitative estimate of drug-likeness (QED) is 0.692. The first kappa shape index (κ1) is 7.97. The molecule has 13 heavy (non-hydrogen) atoms. The first-order chi connectivity index (χ1) is 6.18. The Hall–Kier alpha value is -1.65. The standard InChI is InChI=1S/C8H6F2N2O/c9-7(10)8-12-6-4(11)2-1-3-5(6)13-8/h1-3,7H,11H2. The average molecular weight is 184 g/mol. The minimum absolute atomic E-state index is 0.287. The van der Waals surface area contributed by atoms with Gasteiger partial charge in [-0.2, -0.15) is 8.78 Å². The van der Waals surface area contributed by atoms with Gasteiger partial charge in [-0.15, -0.1) is 0 Å². The zero-order valence-electron chi connectivity index (χ0n) is 6.50. The van der Waals surface area contributed by atoms with Crippen molar-refractivity contribution in [3.63, 3.8) is 0 Å². The van der Waals surface area contributed by atoms with Gasteiger partial charge in [-0.1, -0.05) is 6.07 Å². The summed E-state index contributed by atoms with van der Waals surface area (Å²) in [4.78, 5) is 3.57. The Morgan fingerprint density at radius 2 is 2.15 bits per heavy atom. The molecule has 0 unspecified atom stereocenters. The highest BCUT2D eigenvalue weighted by Crippen LogP contribution is 2.26. The van der Waals surface area contributed by atoms with E-state index in [9.17, 15) is 8.78 Å². The van der Waals surface area contributed by atoms with Crippen LogP contribution in [0.5, 0.6) is 0 Å². The molecule has 3 nitrogen and oxygen atoms in total. The van der Waals surface area contributed by atoms with Crippen LogP contribution in [0.3, 0.4) is 0 Å². The Labute approximate surface area is 72.2 Å². The molecule has 0 aliphatic heterocycles. The van der Waals surface area contributed by atoms with Crippen LogP contribution < -0.4 is 5.73 Å². The van der Waals surface area contributed by atoms with Crippen LogP contribution in [0.4, 0.5) is 14.5 Å². The molecule has 1 aromatic carbocycles. The maximum atomic E-state index is 12.1. The number of aromatic nitrogens is 1. The van der Waals surface area contributed by atoms with Gasteiger partial charge in [-0.25, -0.2) is 4.98 Å². The van der Waals surface area contributed by atoms with E-state index in [-0.39, 0.29) is 11.1 Å². The molecule has 5 heteroatoms. The first-order valence-electron chi connectivity index (χ1n) is 3.61. The summed E-state index contributed by atoms with van der Waals surface area (Å²) in [7, 11) is 0. The highest BCUT2D eigenvalue weighted by Gasteiger charge is 2.16. The van der Waals surface area contributed by atoms with Gasteiger partial charge in [0.1, 0.15) is 5.52 Å². The number of hydrogen-bond donors (Lipinski definition) is 1. The molecule has 0 fully saturated rings. The molecule has 2 N–H and O–H groups in total. The van der Waals surface area contributed by atoms with Crippen molar-refractivity contribution in [2.75, 3.05) is 5.73 Å². The molecule has 1 aromatic heterocycles. The number of nitrogens with two attached hydrogens (primary N) is 1. The minimum atomic E-state index is -2.70. The molecule has 0 saturated carbocycles. The number of nitrogens with zero attached hydrogens (tertiary/aromatic N) is 1. The van der Waals surface area contributed by atoms with E-state index in [1.165, 1.54) is 0 Å². The summed E-state index contributed by atoms with van der Waals surface area (Å²) in [6, 6.07) is 4.75. The smallest absolute Gasteiger partial charge is 0.313 e. The van der Waals surface area contributed by atoms with Crippen molar-refractivity contribution in [1.82, 2.24) is 4.98 Å². The number of rotatable bonds is 1. The number of oxazole rings is 1. The van der Waals surface area contributed by atoms with Crippen LogP contribution in [-0.2, 0) is 0 Å². The predicted octanol–water partition coefficient (Wildman–Crippen LogP) is 2.35. The molecular weight excluding hydrogens is 178 g/mol. The maximum Gasteiger partial charge on any atom is 0.313 e. The second kappa shape index (κ2) is 2.69. The van der Waals surface area contributed by atoms with Crippen molar-refractivity contribution in [3.8, 4) is 0 Å². The number of alkyl halides is 2. The van der Waals surface area contributed by atoms with Crippen molar-refractivity contribution in [2.24, 2.45) is 0 Å². The number of fused-ring (bicyclic) bond motifs is 1. The second-order valence-electron chi connectivity index (χ2n) is 2.55. The van der Waals surface area contributed by atoms with Crippen LogP contribution in [0.2, 0.25) is 0 Å². The third-order valence-electron chi connectivity index (χ3n) is 1.65. The van der Waals surface area contributed by atoms with Crippen LogP contribution in [0, 0.1) is 0 Å². The normalized spacial score (nSPS) is 11.3. The molecule has 1 heterocycles. The fraction of sp³-hybridized carbons (Fsp3) is 0.125. The van der Waals surface area contributed by atoms with Gasteiger partial charge in [0.15, 0.2) is 5.58 Å². The second-order valence-corrected chi connectivity index (χ2v) is 2.55. The monoisotopic (exact) mass is 184 g/mol. The van der Waals surface area contributed by atoms with Crippen molar-refractivity contribution in [2.45, 2.75) is 6.43 Å². The molecule has 0 aliphatic rings. The Bertz CT molecular complexity index is 439. The van der Waals surface area contributed by atoms with Crippen molar-refractivity contribution in [1.29, 1.82) is 0 Å². The first-order valence-corrected chi connectivity index (χ1v) is 3.61. The van der Waals surface area contributed by atoms with Gasteiger partial charge in [0, 0.05) is 0 Å². The maximum absolute atomic E-state index is 12.1. The van der Waals surface area contributed by atoms with Gasteiger partial charge >= 0.3 is 6.43 Å². The number of hydrogen-bond acceptors (Lipinski definition) is 3. The van der Waals surface area contributed by atoms with Crippen LogP contribution in [0.1, 0.15) is 12.3 Å². The lowest BCUT2D eigenvalue weighted by molar-refractivity contribution is 0.117. The summed E-state index contributed by atoms with van der Waals surface area (Å²) in [6.07, 6.45) is -2.70. The van der Waals surface area contributed by atoms with Crippen LogP contribution in [0.15, 0.2) is 22.6 Å². The van der Waals surface area contributed by atoms with Gasteiger partial charge in [0.2, 0.25) is 0 Å². The zero-order chi connectivity index (χ0) is 9.42. The fourth-order valence-corrected chi connectivity index (χ4v) is 1.08. The number of benzene rings is 1. The number of halogens is 2. The SMILES string of the molecule is Nc1cccc2oc(C(F)F)nc12. The summed E-state index contributed by atoms with van der Waals surface area (Å²) >= 11 is 0. The molecular formula is C8H6F2N2O. The Kier molecular flexibility index (Phi) is 1.65. The molecule has 2 aromatic rings. The van der Waals surface area contributed by atoms with Gasteiger partial charge in [0.05, 0.1) is 5.69 Å². The highest BCUT2D eigenvalue weighted by atomic mass is 19.3. The average Bonchev–Trinajstić information content (AvgIpc) is 2.49. The molecule has 2 rings (SSSR count). The molecule has 0 saturated heterocycles. The molecule has 0 spiro atoms. The van der Waals surface area contributed by atoms with Gasteiger partial charge in [0.25, 0.3) is 5.89 Å². The largest absolute Gasteiger partial charge is 0.435 e. The fourth-order valence-electron chi connectivity index (χ4n) is 1.08. The van der Waals surface area contributed by atoms with Gasteiger partial charge in [-0.05, 0) is 12.1 Å². The summed E-state index contributed by atoms with van der Waals surface area (Å²) in [5.74, 6) is -0.590. The lowest BCUT2D eigenvalue weighted by Gasteiger charge is -1.89. The lowest BCUT2D eigenvalue weighted by atomic mass is 10.3. The Morgan fingerprint density at radius 1 is 1.38 bits per heavy atom. The molecule has 0 bridgehead atoms. The molecule has 68 valence electrons. The van der Waals surface area contributed by atoms with E-state index in [2.05, 4.69) is 4.98 Å². The summed E-state index contributed by atoms with van der Waals surface area (Å²) < 4.78 is 29.0. The van der Waals surface area contributed by atoms with E-state index in [4.69, 9.17) is 10.2 Å². The molecule has 0 aliphatic carbocycles. The minimum Gasteiger partial charge on any atom is -0.435 e. The highest BCUT2D eigenvalue weighted by molar-refractivity contribution is 5.85. The molecule has 0 amide bonds. The van der Waals surface area contributed by atoms with Crippen LogP contribution in [-0.4, -0.2) is 4.98 Å². The third kappa shape index (κ3) is 1.22. The third-order valence-corrected chi connectivity index (χ3v) is 1.65. The van der Waals surface area contributed by atoms with E-state index < -0.39 is 12.3 Å². The number of nitrogen functional groups attached to an aromatic ring is 1. The number of anilines is 1. The van der Waals surface area contributed by atoms with E-state index in [0.29, 0.717) is 5.69 Å². The van der Waals surface area contributed by atoms with Crippen LogP contribution >= 0.6 is 0 Å². The van der Waals surface area contributed by atoms with Crippen molar-refractivity contribution in [3.05, 3.63) is 24.1 Å². The Morgan fingerprint density at radius 3 is 2.77 bits per heavy atom. The van der Waals surface area contributed by atoms with E-state index >= 15 is 0 Å². The van der Waals surface area contributed by atoms with E-state index in [1.54, 1.807) is 18.2 Å². The summed E-state index contributed by atoms with van der Waals surface area (Å²) in [5.41, 5.74) is 6.42. The topological polar surface area (TPSA) is 52.0 Å². The van der Waals surface area contributed by atoms with Crippen molar-refractivity contribution >= 4 is 16.8 Å². The zero-order valence-corrected chi connectivity index (χ0v) is 6.50. The predicted molar refractivity (Wildman–Crippen MR) is 43.4 cm³/mol. The number of para-hydroxylation sites is 1. The lowest BCUT2D eigenvalue weighted by Crippen LogP contribution is -1.86. The van der Waals surface area contributed by atoms with E-state index in [0.717, 1.165) is 0 Å². The summed E-state index contributed by atoms with van der Waals surface area (Å²) in [6.45, 7) is 0. The summed E-state index contributed by atoms with van der Waals surface area (Å²) in [5, 5.41) is 0. The van der Waals surface area contributed by atoms with E-state index in [1.807, 2.05) is 0 Å². The molecule has 0 atom stereocenters. The van der Waals surface area contributed by atoms with Gasteiger partial charge in [-0.3, -0.25) is 0 Å². The van der Waals surface area contributed by atoms with Crippen LogP contribution in [0.25, 0.3) is 11.1 Å². The Balaban J connectivity index is 2.68. The molecule has 0 radical (unpaired) electrons. The van der Waals surface area contributed by atoms with Crippen molar-refractivity contribution < 1.29 is 13.2 Å². The van der Waals surface area contributed by atoms with Gasteiger partial charge < -0.3 is 10.2 Å².